The summed E-state index contributed by atoms with van der Waals surface area (Å²) in [6.07, 6.45) is 0. The number of hydrogen-bond acceptors (Lipinski definition) is 1. The summed E-state index contributed by atoms with van der Waals surface area (Å²) in [5, 5.41) is 2.50. The van der Waals surface area contributed by atoms with Crippen LogP contribution in [0.4, 0.5) is 0 Å². The molecule has 0 saturated carbocycles. The number of para-hydroxylation sites is 1. The average molecular weight is 266 g/mol. The van der Waals surface area contributed by atoms with Gasteiger partial charge in [0.1, 0.15) is 11.2 Å². The summed E-state index contributed by atoms with van der Waals surface area (Å²) in [5.74, 6) is 0.508. The highest BCUT2D eigenvalue weighted by Gasteiger charge is 2.22. The standard InChI is InChI=1S/C19H22O/c1-12(2)13-10-15(19(3,4)5)18-14-8-6-7-9-16(14)20-17(18)11-13/h6-12H,1-5H3. The number of benzene rings is 2. The van der Waals surface area contributed by atoms with E-state index in [4.69, 9.17) is 4.42 Å². The SMILES string of the molecule is CC(C)c1cc(C(C)(C)C)c2c(c1)oc1ccccc12. The third kappa shape index (κ3) is 2.02. The van der Waals surface area contributed by atoms with Crippen molar-refractivity contribution in [3.8, 4) is 0 Å². The van der Waals surface area contributed by atoms with Crippen molar-refractivity contribution in [2.45, 2.75) is 46.0 Å². The van der Waals surface area contributed by atoms with Crippen molar-refractivity contribution in [1.29, 1.82) is 0 Å². The van der Waals surface area contributed by atoms with E-state index in [0.717, 1.165) is 11.2 Å². The van der Waals surface area contributed by atoms with Gasteiger partial charge in [-0.15, -0.1) is 0 Å². The molecule has 0 fully saturated rings. The minimum atomic E-state index is 0.107. The molecule has 0 bridgehead atoms. The predicted molar refractivity (Wildman–Crippen MR) is 86.5 cm³/mol. The summed E-state index contributed by atoms with van der Waals surface area (Å²) in [6, 6.07) is 12.9. The second-order valence-electron chi connectivity index (χ2n) is 6.94. The summed E-state index contributed by atoms with van der Waals surface area (Å²) in [5.41, 5.74) is 4.83. The zero-order chi connectivity index (χ0) is 14.5. The van der Waals surface area contributed by atoms with Crippen LogP contribution in [0, 0.1) is 0 Å². The first-order chi connectivity index (χ1) is 9.38. The lowest BCUT2D eigenvalue weighted by Crippen LogP contribution is -2.12. The minimum absolute atomic E-state index is 0.107. The van der Waals surface area contributed by atoms with Crippen molar-refractivity contribution in [2.24, 2.45) is 0 Å². The number of furan rings is 1. The number of rotatable bonds is 1. The molecule has 0 aliphatic carbocycles. The van der Waals surface area contributed by atoms with Crippen molar-refractivity contribution in [3.05, 3.63) is 47.5 Å². The molecule has 1 heteroatoms. The van der Waals surface area contributed by atoms with Gasteiger partial charge in [-0.2, -0.15) is 0 Å². The van der Waals surface area contributed by atoms with Gasteiger partial charge in [-0.1, -0.05) is 58.9 Å². The first-order valence-electron chi connectivity index (χ1n) is 7.33. The van der Waals surface area contributed by atoms with Crippen molar-refractivity contribution >= 4 is 21.9 Å². The maximum Gasteiger partial charge on any atom is 0.136 e. The monoisotopic (exact) mass is 266 g/mol. The zero-order valence-electron chi connectivity index (χ0n) is 12.9. The van der Waals surface area contributed by atoms with Gasteiger partial charge < -0.3 is 4.42 Å². The van der Waals surface area contributed by atoms with Crippen LogP contribution in [-0.2, 0) is 5.41 Å². The van der Waals surface area contributed by atoms with E-state index in [0.29, 0.717) is 5.92 Å². The summed E-state index contributed by atoms with van der Waals surface area (Å²) in [6.45, 7) is 11.3. The molecule has 3 aromatic rings. The van der Waals surface area contributed by atoms with E-state index in [-0.39, 0.29) is 5.41 Å². The molecule has 0 aliphatic heterocycles. The molecule has 2 aromatic carbocycles. The Kier molecular flexibility index (Phi) is 2.89. The van der Waals surface area contributed by atoms with Crippen LogP contribution in [-0.4, -0.2) is 0 Å². The third-order valence-electron chi connectivity index (χ3n) is 3.98. The van der Waals surface area contributed by atoms with Crippen molar-refractivity contribution in [2.75, 3.05) is 0 Å². The highest BCUT2D eigenvalue weighted by atomic mass is 16.3. The largest absolute Gasteiger partial charge is 0.456 e. The Morgan fingerprint density at radius 2 is 1.65 bits per heavy atom. The predicted octanol–water partition coefficient (Wildman–Crippen LogP) is 6.01. The molecular weight excluding hydrogens is 244 g/mol. The molecule has 20 heavy (non-hydrogen) atoms. The van der Waals surface area contributed by atoms with E-state index in [2.05, 4.69) is 65.0 Å². The highest BCUT2D eigenvalue weighted by molar-refractivity contribution is 6.07. The molecule has 0 amide bonds. The van der Waals surface area contributed by atoms with Crippen LogP contribution in [0.3, 0.4) is 0 Å². The Morgan fingerprint density at radius 3 is 2.30 bits per heavy atom. The quantitative estimate of drug-likeness (QED) is 0.526. The molecule has 1 heterocycles. The fraction of sp³-hybridized carbons (Fsp3) is 0.368. The third-order valence-corrected chi connectivity index (χ3v) is 3.98. The number of hydrogen-bond donors (Lipinski definition) is 0. The molecule has 1 nitrogen and oxygen atoms in total. The van der Waals surface area contributed by atoms with Gasteiger partial charge in [-0.3, -0.25) is 0 Å². The molecular formula is C19H22O. The number of fused-ring (bicyclic) bond motifs is 3. The van der Waals surface area contributed by atoms with E-state index in [1.165, 1.54) is 21.9 Å². The molecule has 0 aliphatic rings. The smallest absolute Gasteiger partial charge is 0.136 e. The van der Waals surface area contributed by atoms with Crippen LogP contribution in [0.25, 0.3) is 21.9 Å². The van der Waals surface area contributed by atoms with Crippen LogP contribution < -0.4 is 0 Å². The lowest BCUT2D eigenvalue weighted by Gasteiger charge is -2.22. The molecule has 0 spiro atoms. The zero-order valence-corrected chi connectivity index (χ0v) is 12.9. The maximum atomic E-state index is 6.08. The Bertz CT molecular complexity index is 769. The van der Waals surface area contributed by atoms with Crippen LogP contribution in [0.1, 0.15) is 51.7 Å². The van der Waals surface area contributed by atoms with E-state index < -0.39 is 0 Å². The van der Waals surface area contributed by atoms with E-state index in [1.807, 2.05) is 6.07 Å². The molecule has 0 atom stereocenters. The summed E-state index contributed by atoms with van der Waals surface area (Å²) in [7, 11) is 0. The lowest BCUT2D eigenvalue weighted by molar-refractivity contribution is 0.592. The topological polar surface area (TPSA) is 13.1 Å². The molecule has 0 unspecified atom stereocenters. The van der Waals surface area contributed by atoms with Crippen LogP contribution in [0.5, 0.6) is 0 Å². The Balaban J connectivity index is 2.48. The first-order valence-corrected chi connectivity index (χ1v) is 7.33. The van der Waals surface area contributed by atoms with Gasteiger partial charge in [0, 0.05) is 10.8 Å². The van der Waals surface area contributed by atoms with E-state index in [1.54, 1.807) is 0 Å². The Labute approximate surface area is 120 Å². The van der Waals surface area contributed by atoms with Crippen molar-refractivity contribution in [3.63, 3.8) is 0 Å². The summed E-state index contributed by atoms with van der Waals surface area (Å²) < 4.78 is 6.08. The van der Waals surface area contributed by atoms with Crippen LogP contribution in [0.15, 0.2) is 40.8 Å². The fourth-order valence-corrected chi connectivity index (χ4v) is 2.80. The first kappa shape index (κ1) is 13.2. The van der Waals surface area contributed by atoms with Gasteiger partial charge in [0.05, 0.1) is 0 Å². The van der Waals surface area contributed by atoms with Crippen LogP contribution >= 0.6 is 0 Å². The highest BCUT2D eigenvalue weighted by Crippen LogP contribution is 2.39. The van der Waals surface area contributed by atoms with Gasteiger partial charge in [-0.25, -0.2) is 0 Å². The van der Waals surface area contributed by atoms with Gasteiger partial charge in [-0.05, 0) is 34.6 Å². The molecule has 0 N–H and O–H groups in total. The molecule has 3 rings (SSSR count). The average Bonchev–Trinajstić information content (AvgIpc) is 2.74. The molecule has 0 radical (unpaired) electrons. The van der Waals surface area contributed by atoms with Gasteiger partial charge in [0.15, 0.2) is 0 Å². The van der Waals surface area contributed by atoms with Crippen LogP contribution in [0.2, 0.25) is 0 Å². The van der Waals surface area contributed by atoms with E-state index in [9.17, 15) is 0 Å². The Hall–Kier alpha value is -1.76. The second kappa shape index (κ2) is 4.37. The van der Waals surface area contributed by atoms with E-state index >= 15 is 0 Å². The maximum absolute atomic E-state index is 6.08. The molecule has 1 aromatic heterocycles. The lowest BCUT2D eigenvalue weighted by atomic mass is 9.82. The second-order valence-corrected chi connectivity index (χ2v) is 6.94. The molecule has 0 saturated heterocycles. The molecule has 104 valence electrons. The van der Waals surface area contributed by atoms with Crippen molar-refractivity contribution in [1.82, 2.24) is 0 Å². The normalized spacial score (nSPS) is 12.7. The summed E-state index contributed by atoms with van der Waals surface area (Å²) >= 11 is 0. The van der Waals surface area contributed by atoms with Gasteiger partial charge in [0.25, 0.3) is 0 Å². The minimum Gasteiger partial charge on any atom is -0.456 e. The van der Waals surface area contributed by atoms with Gasteiger partial charge >= 0.3 is 0 Å². The van der Waals surface area contributed by atoms with Crippen molar-refractivity contribution < 1.29 is 4.42 Å². The van der Waals surface area contributed by atoms with Gasteiger partial charge in [0.2, 0.25) is 0 Å². The fourth-order valence-electron chi connectivity index (χ4n) is 2.80. The summed E-state index contributed by atoms with van der Waals surface area (Å²) in [4.78, 5) is 0. The Morgan fingerprint density at radius 1 is 0.950 bits per heavy atom.